The van der Waals surface area contributed by atoms with Crippen LogP contribution >= 0.6 is 0 Å². The molecule has 1 aliphatic carbocycles. The summed E-state index contributed by atoms with van der Waals surface area (Å²) in [4.78, 5) is 25.9. The summed E-state index contributed by atoms with van der Waals surface area (Å²) >= 11 is 0. The van der Waals surface area contributed by atoms with Gasteiger partial charge in [0, 0.05) is 38.9 Å². The van der Waals surface area contributed by atoms with Crippen LogP contribution in [0.2, 0.25) is 0 Å². The molecule has 2 aromatic carbocycles. The topological polar surface area (TPSA) is 223 Å². The molecule has 7 rings (SSSR count). The van der Waals surface area contributed by atoms with Gasteiger partial charge in [-0.25, -0.2) is 21.8 Å². The number of ketones is 1. The van der Waals surface area contributed by atoms with Gasteiger partial charge in [0.15, 0.2) is 17.3 Å². The Labute approximate surface area is 389 Å². The largest absolute Gasteiger partial charge is 0.874 e. The van der Waals surface area contributed by atoms with Crippen LogP contribution in [0.4, 0.5) is 11.4 Å². The van der Waals surface area contributed by atoms with Crippen LogP contribution < -0.4 is 19.3 Å². The summed E-state index contributed by atoms with van der Waals surface area (Å²) < 4.78 is 58.0. The predicted octanol–water partition coefficient (Wildman–Crippen LogP) is 8.22. The zero-order chi connectivity index (χ0) is 47.6. The Morgan fingerprint density at radius 2 is 1.21 bits per heavy atom. The van der Waals surface area contributed by atoms with Crippen molar-refractivity contribution in [3.8, 4) is 22.8 Å². The standard InChI is InChI=1S/C48H66N10O6S2/c1-9-11-13-15-17-19-29-65(61,62)55-33-25-21-31(22-26-33)43-49-45-37(41(47(3,4)5)51-57(45)53-43)35-39(59)36(40(35)60)38-42(48(6,7)8)52-58-46(38)50-44(54-58)32-23-27-34(28-24-32)56-66(63,64)30-20-18-16-14-12-10-2/h21-28,35,37H,9-20,29-30H2,1-8H3,(H4,50,52,53,54,55,56,59,60). The number of allylic oxidation sites excluding steroid dienone is 2. The molecule has 5 aromatic rings. The van der Waals surface area contributed by atoms with Crippen molar-refractivity contribution in [3.05, 3.63) is 71.4 Å². The van der Waals surface area contributed by atoms with Gasteiger partial charge in [-0.2, -0.15) is 9.73 Å². The maximum absolute atomic E-state index is 14.6. The van der Waals surface area contributed by atoms with Crippen molar-refractivity contribution in [3.63, 3.8) is 0 Å². The third-order valence-electron chi connectivity index (χ3n) is 12.3. The average molecular weight is 943 g/mol. The lowest BCUT2D eigenvalue weighted by atomic mass is 9.66. The lowest BCUT2D eigenvalue weighted by molar-refractivity contribution is -0.736. The van der Waals surface area contributed by atoms with Crippen LogP contribution in [0, 0.1) is 11.3 Å². The number of carbonyl (C=O) groups is 1. The molecule has 2 unspecified atom stereocenters. The first-order chi connectivity index (χ1) is 31.2. The maximum atomic E-state index is 14.6. The van der Waals surface area contributed by atoms with E-state index in [0.717, 1.165) is 64.2 Å². The summed E-state index contributed by atoms with van der Waals surface area (Å²) in [5, 5.41) is 30.7. The summed E-state index contributed by atoms with van der Waals surface area (Å²) in [6.07, 6.45) is 11.8. The van der Waals surface area contributed by atoms with Gasteiger partial charge in [-0.15, -0.1) is 10.9 Å². The number of fused-ring (bicyclic) bond motifs is 2. The van der Waals surface area contributed by atoms with E-state index >= 15 is 0 Å². The van der Waals surface area contributed by atoms with Crippen LogP contribution in [-0.2, 0) is 30.3 Å². The van der Waals surface area contributed by atoms with Gasteiger partial charge in [0.25, 0.3) is 5.82 Å². The predicted molar refractivity (Wildman–Crippen MR) is 258 cm³/mol. The number of sulfonamides is 2. The molecule has 0 spiro atoms. The molecule has 2 aliphatic rings. The van der Waals surface area contributed by atoms with Gasteiger partial charge < -0.3 is 5.11 Å². The minimum absolute atomic E-state index is 0.0437. The number of aromatic nitrogens is 7. The number of benzene rings is 2. The van der Waals surface area contributed by atoms with Crippen molar-refractivity contribution < 1.29 is 31.5 Å². The molecular formula is C48H66N10O6S2. The number of H-pyrrole nitrogens is 2. The number of carbonyl (C=O) groups excluding carboxylic acids is 1. The van der Waals surface area contributed by atoms with Crippen molar-refractivity contribution in [1.82, 2.24) is 29.9 Å². The van der Waals surface area contributed by atoms with Gasteiger partial charge in [0.1, 0.15) is 5.92 Å². The summed E-state index contributed by atoms with van der Waals surface area (Å²) in [5.74, 6) is -1.16. The SMILES string of the molecule is CCCCCCCCS(=O)(=O)Nc1ccc(-c2nc3c(C4=C([O-])C(C5C(C(C)(C)C)=N[n+]6[nH]c(-c7ccc(NS(=O)(=O)CCCCCCCC)cc7)nc65)C4=O)c(C(C)(C)C)[nH]n3n2)cc1. The third kappa shape index (κ3) is 10.7. The van der Waals surface area contributed by atoms with Crippen LogP contribution in [0.1, 0.15) is 155 Å². The zero-order valence-corrected chi connectivity index (χ0v) is 41.3. The normalized spacial score (nSPS) is 16.8. The molecule has 0 fully saturated rings. The summed E-state index contributed by atoms with van der Waals surface area (Å²) in [6.45, 7) is 16.2. The van der Waals surface area contributed by atoms with E-state index in [4.69, 9.17) is 20.2 Å². The van der Waals surface area contributed by atoms with E-state index in [-0.39, 0.29) is 28.6 Å². The van der Waals surface area contributed by atoms with Crippen LogP contribution in [0.5, 0.6) is 0 Å². The van der Waals surface area contributed by atoms with Crippen molar-refractivity contribution in [2.24, 2.45) is 16.4 Å². The van der Waals surface area contributed by atoms with Crippen molar-refractivity contribution >= 4 is 54.1 Å². The molecule has 0 radical (unpaired) electrons. The Balaban J connectivity index is 1.11. The van der Waals surface area contributed by atoms with E-state index in [0.29, 0.717) is 75.4 Å². The Hall–Kier alpha value is -5.36. The fourth-order valence-electron chi connectivity index (χ4n) is 8.71. The second kappa shape index (κ2) is 19.5. The van der Waals surface area contributed by atoms with Crippen molar-refractivity contribution in [1.29, 1.82) is 0 Å². The Bertz CT molecular complexity index is 2830. The summed E-state index contributed by atoms with van der Waals surface area (Å²) in [5.41, 5.74) is 3.18. The van der Waals surface area contributed by atoms with Crippen molar-refractivity contribution in [2.45, 2.75) is 144 Å². The molecule has 4 N–H and O–H groups in total. The second-order valence-electron chi connectivity index (χ2n) is 19.9. The van der Waals surface area contributed by atoms with Crippen LogP contribution in [0.25, 0.3) is 34.0 Å². The highest BCUT2D eigenvalue weighted by atomic mass is 32.2. The highest BCUT2D eigenvalue weighted by molar-refractivity contribution is 7.92. The summed E-state index contributed by atoms with van der Waals surface area (Å²) in [6, 6.07) is 13.7. The first kappa shape index (κ1) is 48.6. The summed E-state index contributed by atoms with van der Waals surface area (Å²) in [7, 11) is -7.01. The molecule has 18 heteroatoms. The van der Waals surface area contributed by atoms with E-state index < -0.39 is 42.7 Å². The first-order valence-electron chi connectivity index (χ1n) is 23.5. The Morgan fingerprint density at radius 1 is 0.697 bits per heavy atom. The number of Topliss-reactive ketones (excluding diaryl/α,β-unsaturated/α-hetero) is 1. The third-order valence-corrected chi connectivity index (χ3v) is 15.0. The van der Waals surface area contributed by atoms with Gasteiger partial charge in [0.2, 0.25) is 20.0 Å². The van der Waals surface area contributed by atoms with Crippen LogP contribution in [0.15, 0.2) is 59.4 Å². The molecule has 0 saturated heterocycles. The molecule has 356 valence electrons. The number of hydrogen-bond donors (Lipinski definition) is 4. The first-order valence-corrected chi connectivity index (χ1v) is 26.8. The van der Waals surface area contributed by atoms with Gasteiger partial charge in [-0.05, 0) is 71.1 Å². The van der Waals surface area contributed by atoms with Gasteiger partial charge in [0.05, 0.1) is 34.4 Å². The highest BCUT2D eigenvalue weighted by Gasteiger charge is 2.55. The molecule has 0 amide bonds. The van der Waals surface area contributed by atoms with Gasteiger partial charge >= 0.3 is 5.82 Å². The lowest BCUT2D eigenvalue weighted by Gasteiger charge is -2.40. The molecule has 3 aromatic heterocycles. The highest BCUT2D eigenvalue weighted by Crippen LogP contribution is 2.49. The van der Waals surface area contributed by atoms with E-state index in [1.807, 2.05) is 41.5 Å². The number of aromatic amines is 2. The number of hydrogen-bond acceptors (Lipinski definition) is 10. The average Bonchev–Trinajstić information content (AvgIpc) is 4.02. The fraction of sp³-hybridized carbons (Fsp3) is 0.542. The molecule has 1 aliphatic heterocycles. The van der Waals surface area contributed by atoms with E-state index in [2.05, 4.69) is 33.5 Å². The van der Waals surface area contributed by atoms with Crippen LogP contribution in [0.3, 0.4) is 0 Å². The minimum Gasteiger partial charge on any atom is -0.874 e. The lowest BCUT2D eigenvalue weighted by Crippen LogP contribution is -2.45. The fourth-order valence-corrected chi connectivity index (χ4v) is 11.1. The zero-order valence-electron chi connectivity index (χ0n) is 39.6. The minimum atomic E-state index is -3.51. The molecule has 0 saturated carbocycles. The van der Waals surface area contributed by atoms with Gasteiger partial charge in [-0.3, -0.25) is 19.3 Å². The quantitative estimate of drug-likeness (QED) is 0.0387. The molecule has 16 nitrogen and oxygen atoms in total. The molecular weight excluding hydrogens is 877 g/mol. The van der Waals surface area contributed by atoms with Crippen LogP contribution in [-0.4, -0.2) is 69.7 Å². The number of anilines is 2. The molecule has 4 heterocycles. The van der Waals surface area contributed by atoms with Gasteiger partial charge in [-0.1, -0.05) is 125 Å². The smallest absolute Gasteiger partial charge is 0.356 e. The molecule has 66 heavy (non-hydrogen) atoms. The second-order valence-corrected chi connectivity index (χ2v) is 23.5. The van der Waals surface area contributed by atoms with E-state index in [9.17, 15) is 26.7 Å². The number of nitrogens with zero attached hydrogens (tertiary/aromatic N) is 6. The van der Waals surface area contributed by atoms with Crippen molar-refractivity contribution in [2.75, 3.05) is 20.9 Å². The monoisotopic (exact) mass is 942 g/mol. The van der Waals surface area contributed by atoms with E-state index in [1.54, 1.807) is 48.5 Å². The number of nitrogens with one attached hydrogen (secondary N) is 4. The maximum Gasteiger partial charge on any atom is 0.356 e. The number of rotatable bonds is 22. The Kier molecular flexibility index (Phi) is 14.3. The van der Waals surface area contributed by atoms with E-state index in [1.165, 1.54) is 9.42 Å². The molecule has 2 atom stereocenters. The Morgan fingerprint density at radius 3 is 1.71 bits per heavy atom. The number of unbranched alkanes of at least 4 members (excludes halogenated alkanes) is 10. The molecule has 0 bridgehead atoms.